The summed E-state index contributed by atoms with van der Waals surface area (Å²) in [6.07, 6.45) is -4.20. The molecule has 0 aliphatic carbocycles. The molecule has 0 bridgehead atoms. The van der Waals surface area contributed by atoms with E-state index in [4.69, 9.17) is 56.8 Å². The molecular formula is C62H108N2O24. The number of carbonyl (C=O) groups excluding carboxylic acids is 6. The Labute approximate surface area is 519 Å². The van der Waals surface area contributed by atoms with Crippen LogP contribution < -0.4 is 5.32 Å². The molecule has 4 rings (SSSR count). The number of nitrogens with one attached hydrogen (secondary N) is 1. The normalized spacial score (nSPS) is 29.8. The van der Waals surface area contributed by atoms with Gasteiger partial charge in [0, 0.05) is 53.5 Å². The first-order valence-corrected chi connectivity index (χ1v) is 32.4. The molecule has 4 saturated heterocycles. The summed E-state index contributed by atoms with van der Waals surface area (Å²) in [5.74, 6) is -2.67. The molecular weight excluding hydrogens is 1160 g/mol. The van der Waals surface area contributed by atoms with E-state index in [9.17, 15) is 59.4 Å². The van der Waals surface area contributed by atoms with Crippen LogP contribution in [0.3, 0.4) is 0 Å². The highest BCUT2D eigenvalue weighted by atomic mass is 16.8. The Hall–Kier alpha value is -3.58. The van der Waals surface area contributed by atoms with Gasteiger partial charge in [-0.3, -0.25) is 28.8 Å². The van der Waals surface area contributed by atoms with Crippen molar-refractivity contribution in [2.45, 2.75) is 306 Å². The van der Waals surface area contributed by atoms with Crippen LogP contribution in [0.15, 0.2) is 0 Å². The lowest BCUT2D eigenvalue weighted by Gasteiger charge is -2.47. The molecule has 0 unspecified atom stereocenters. The average Bonchev–Trinajstić information content (AvgIpc) is 1.04. The standard InChI is InChI=1S/C62H108N2O24/c1-8-28-46(44(70)31-24-19-16-18-23-30-43(69)29-22-17-14-12-10-9-11-13-15-20-25-32-50(72)63-33-26-21-27-34-64(6)7)85-61-57(88-60-53(75)51(73)47(36-78-60)81-39(2)65)55(45(71)35-77-61)87-59-54(76)52(74)48(37-79-59)86-62-58(84-42(5)68)56(83-41(4)67)49(38-80-62)82-40(3)66/h44-49,51-62,70-71,73-76H,8-38H2,1-7H3,(H,63,72)/t44-,45+,46-,47-,48+,49-,51-,52-,53+,54+,55-,56-,57+,58+,59-,60-,61-,62-/m0/s1. The van der Waals surface area contributed by atoms with Crippen LogP contribution in [0.5, 0.6) is 0 Å². The van der Waals surface area contributed by atoms with E-state index >= 15 is 0 Å². The van der Waals surface area contributed by atoms with Crippen molar-refractivity contribution in [3.8, 4) is 0 Å². The first kappa shape index (κ1) is 76.9. The molecule has 18 atom stereocenters. The van der Waals surface area contributed by atoms with Gasteiger partial charge in [0.1, 0.15) is 54.6 Å². The van der Waals surface area contributed by atoms with Gasteiger partial charge in [-0.05, 0) is 65.6 Å². The number of ether oxygens (including phenoxy) is 12. The van der Waals surface area contributed by atoms with Crippen molar-refractivity contribution in [2.24, 2.45) is 0 Å². The summed E-state index contributed by atoms with van der Waals surface area (Å²) in [6.45, 7) is 6.40. The molecule has 1 amide bonds. The maximum atomic E-state index is 12.7. The maximum Gasteiger partial charge on any atom is 0.303 e. The summed E-state index contributed by atoms with van der Waals surface area (Å²) >= 11 is 0. The third-order valence-corrected chi connectivity index (χ3v) is 16.0. The number of carbonyl (C=O) groups is 6. The van der Waals surface area contributed by atoms with Gasteiger partial charge >= 0.3 is 23.9 Å². The summed E-state index contributed by atoms with van der Waals surface area (Å²) in [5.41, 5.74) is 0. The number of nitrogens with zero attached hydrogens (tertiary/aromatic N) is 1. The van der Waals surface area contributed by atoms with E-state index in [1.807, 2.05) is 6.92 Å². The van der Waals surface area contributed by atoms with Crippen molar-refractivity contribution in [2.75, 3.05) is 53.6 Å². The van der Waals surface area contributed by atoms with E-state index in [1.165, 1.54) is 38.5 Å². The number of esters is 4. The van der Waals surface area contributed by atoms with E-state index in [0.717, 1.165) is 118 Å². The highest BCUT2D eigenvalue weighted by Crippen LogP contribution is 2.34. The zero-order chi connectivity index (χ0) is 64.5. The first-order chi connectivity index (χ1) is 42.1. The molecule has 0 radical (unpaired) electrons. The van der Waals surface area contributed by atoms with Crippen LogP contribution >= 0.6 is 0 Å². The van der Waals surface area contributed by atoms with Gasteiger partial charge in [0.05, 0.1) is 38.6 Å². The molecule has 0 aromatic heterocycles. The van der Waals surface area contributed by atoms with Crippen LogP contribution in [0, 0.1) is 0 Å². The van der Waals surface area contributed by atoms with E-state index in [1.54, 1.807) is 0 Å². The van der Waals surface area contributed by atoms with Gasteiger partial charge in [0.2, 0.25) is 5.91 Å². The van der Waals surface area contributed by atoms with Crippen molar-refractivity contribution in [3.63, 3.8) is 0 Å². The highest BCUT2D eigenvalue weighted by molar-refractivity contribution is 5.78. The molecule has 0 aromatic rings. The van der Waals surface area contributed by atoms with Crippen LogP contribution in [0.25, 0.3) is 0 Å². The quantitative estimate of drug-likeness (QED) is 0.0259. The number of hydrogen-bond donors (Lipinski definition) is 7. The number of Topliss-reactive ketones (excluding diaryl/α,β-unsaturated/α-hetero) is 1. The molecule has 0 saturated carbocycles. The highest BCUT2D eigenvalue weighted by Gasteiger charge is 2.54. The third kappa shape index (κ3) is 28.5. The predicted molar refractivity (Wildman–Crippen MR) is 314 cm³/mol. The Morgan fingerprint density at radius 1 is 0.466 bits per heavy atom. The van der Waals surface area contributed by atoms with E-state index < -0.39 is 154 Å². The topological polar surface area (TPSA) is 350 Å². The Morgan fingerprint density at radius 2 is 0.920 bits per heavy atom. The smallest absolute Gasteiger partial charge is 0.303 e. The van der Waals surface area contributed by atoms with Gasteiger partial charge in [-0.15, -0.1) is 0 Å². The van der Waals surface area contributed by atoms with Crippen molar-refractivity contribution >= 4 is 35.6 Å². The van der Waals surface area contributed by atoms with Crippen LogP contribution in [0.2, 0.25) is 0 Å². The summed E-state index contributed by atoms with van der Waals surface area (Å²) in [4.78, 5) is 74.9. The number of amides is 1. The largest absolute Gasteiger partial charge is 0.457 e. The Kier molecular flexibility index (Phi) is 37.2. The van der Waals surface area contributed by atoms with Crippen LogP contribution in [-0.2, 0) is 85.6 Å². The number of hydrogen-bond acceptors (Lipinski definition) is 25. The molecule has 4 heterocycles. The fourth-order valence-corrected chi connectivity index (χ4v) is 11.3. The summed E-state index contributed by atoms with van der Waals surface area (Å²) in [6, 6.07) is 0. The minimum Gasteiger partial charge on any atom is -0.457 e. The summed E-state index contributed by atoms with van der Waals surface area (Å²) in [7, 11) is 4.16. The van der Waals surface area contributed by atoms with Crippen LogP contribution in [-0.4, -0.2) is 235 Å². The van der Waals surface area contributed by atoms with Gasteiger partial charge < -0.3 is 97.7 Å². The van der Waals surface area contributed by atoms with Gasteiger partial charge in [-0.25, -0.2) is 0 Å². The lowest BCUT2D eigenvalue weighted by Crippen LogP contribution is -2.64. The number of aliphatic hydroxyl groups is 6. The lowest BCUT2D eigenvalue weighted by atomic mass is 9.99. The van der Waals surface area contributed by atoms with Crippen molar-refractivity contribution in [1.82, 2.24) is 10.2 Å². The molecule has 26 heteroatoms. The molecule has 4 fully saturated rings. The monoisotopic (exact) mass is 1260 g/mol. The number of ketones is 1. The lowest BCUT2D eigenvalue weighted by molar-refractivity contribution is -0.379. The zero-order valence-electron chi connectivity index (χ0n) is 53.3. The van der Waals surface area contributed by atoms with Gasteiger partial charge in [0.25, 0.3) is 0 Å². The molecule has 0 aromatic carbocycles. The van der Waals surface area contributed by atoms with E-state index in [0.29, 0.717) is 50.7 Å². The second-order valence-corrected chi connectivity index (χ2v) is 24.1. The van der Waals surface area contributed by atoms with Crippen LogP contribution in [0.4, 0.5) is 0 Å². The van der Waals surface area contributed by atoms with Gasteiger partial charge in [-0.2, -0.15) is 0 Å². The number of rotatable bonds is 43. The zero-order valence-corrected chi connectivity index (χ0v) is 53.3. The molecule has 4 aliphatic rings. The Balaban J connectivity index is 1.22. The Morgan fingerprint density at radius 3 is 1.48 bits per heavy atom. The molecule has 88 heavy (non-hydrogen) atoms. The average molecular weight is 1270 g/mol. The fourth-order valence-electron chi connectivity index (χ4n) is 11.3. The minimum atomic E-state index is -1.93. The SMILES string of the molecule is CCC[C@H](O[C@@H]1OC[C@@H](O)[C@H](O[C@@H]2OC[C@@H](O[C@@H]3OC[C@H](OC(C)=O)[C@H](OC(C)=O)[C@H]3OC(C)=O)[C@H](O)[C@H]2O)[C@H]1O[C@@H]1OC[C@H](OC(C)=O)[C@H](O)[C@H]1O)[C@@H](O)CCCCCCCC(=O)CCCCCCCCCCCCCC(=O)NCCCCCN(C)C. The summed E-state index contributed by atoms with van der Waals surface area (Å²) in [5, 5.41) is 71.2. The molecule has 4 aliphatic heterocycles. The predicted octanol–water partition coefficient (Wildman–Crippen LogP) is 3.86. The van der Waals surface area contributed by atoms with Crippen molar-refractivity contribution in [1.29, 1.82) is 0 Å². The van der Waals surface area contributed by atoms with Gasteiger partial charge in [-0.1, -0.05) is 103 Å². The Bertz CT molecular complexity index is 2010. The van der Waals surface area contributed by atoms with Crippen molar-refractivity contribution in [3.05, 3.63) is 0 Å². The number of aliphatic hydroxyl groups excluding tert-OH is 6. The van der Waals surface area contributed by atoms with Crippen LogP contribution in [0.1, 0.15) is 195 Å². The minimum absolute atomic E-state index is 0.174. The van der Waals surface area contributed by atoms with Gasteiger partial charge in [0.15, 0.2) is 49.6 Å². The molecule has 7 N–H and O–H groups in total. The van der Waals surface area contributed by atoms with Crippen molar-refractivity contribution < 1.29 is 116 Å². The second kappa shape index (κ2) is 42.5. The van der Waals surface area contributed by atoms with E-state index in [2.05, 4.69) is 24.3 Å². The number of unbranched alkanes of at least 4 members (excludes halogenated alkanes) is 16. The molecule has 510 valence electrons. The molecule has 0 spiro atoms. The molecule has 26 nitrogen and oxygen atoms in total. The third-order valence-electron chi connectivity index (χ3n) is 16.0. The summed E-state index contributed by atoms with van der Waals surface area (Å²) < 4.78 is 69.2. The first-order valence-electron chi connectivity index (χ1n) is 32.4. The second-order valence-electron chi connectivity index (χ2n) is 24.1. The van der Waals surface area contributed by atoms with E-state index in [-0.39, 0.29) is 12.5 Å². The fraction of sp³-hybridized carbons (Fsp3) is 0.903. The maximum absolute atomic E-state index is 12.7.